The molecule has 0 aliphatic rings. The first-order chi connectivity index (χ1) is 6.60. The highest BCUT2D eigenvalue weighted by Crippen LogP contribution is 2.31. The number of methoxy groups -OCH3 is 2. The van der Waals surface area contributed by atoms with Crippen LogP contribution in [0.1, 0.15) is 24.1 Å². The molecule has 1 unspecified atom stereocenters. The predicted molar refractivity (Wildman–Crippen MR) is 56.9 cm³/mol. The lowest BCUT2D eigenvalue weighted by molar-refractivity contribution is 0.387. The lowest BCUT2D eigenvalue weighted by Gasteiger charge is -2.14. The number of ether oxygens (including phenoxy) is 2. The van der Waals surface area contributed by atoms with Crippen molar-refractivity contribution in [1.29, 1.82) is 0 Å². The van der Waals surface area contributed by atoms with Gasteiger partial charge in [-0.25, -0.2) is 0 Å². The van der Waals surface area contributed by atoms with E-state index in [1.807, 2.05) is 26.0 Å². The SMILES string of the molecule is COc1cc(C(C)N)cc(OC)c1C. The zero-order valence-corrected chi connectivity index (χ0v) is 9.13. The van der Waals surface area contributed by atoms with Crippen molar-refractivity contribution in [2.24, 2.45) is 5.73 Å². The fraction of sp³-hybridized carbons (Fsp3) is 0.455. The van der Waals surface area contributed by atoms with Crippen LogP contribution in [0.15, 0.2) is 12.1 Å². The highest BCUT2D eigenvalue weighted by atomic mass is 16.5. The van der Waals surface area contributed by atoms with Crippen LogP contribution < -0.4 is 15.2 Å². The summed E-state index contributed by atoms with van der Waals surface area (Å²) in [5.41, 5.74) is 7.82. The molecule has 1 aromatic carbocycles. The summed E-state index contributed by atoms with van der Waals surface area (Å²) in [6.07, 6.45) is 0. The van der Waals surface area contributed by atoms with Crippen LogP contribution >= 0.6 is 0 Å². The van der Waals surface area contributed by atoms with Gasteiger partial charge in [0.05, 0.1) is 14.2 Å². The molecule has 0 saturated heterocycles. The van der Waals surface area contributed by atoms with Gasteiger partial charge in [-0.15, -0.1) is 0 Å². The van der Waals surface area contributed by atoms with Crippen molar-refractivity contribution in [1.82, 2.24) is 0 Å². The first-order valence-corrected chi connectivity index (χ1v) is 4.58. The molecule has 0 fully saturated rings. The van der Waals surface area contributed by atoms with E-state index in [2.05, 4.69) is 0 Å². The van der Waals surface area contributed by atoms with Crippen LogP contribution in [-0.2, 0) is 0 Å². The second-order valence-electron chi connectivity index (χ2n) is 3.34. The van der Waals surface area contributed by atoms with Crippen LogP contribution in [0.3, 0.4) is 0 Å². The number of hydrogen-bond donors (Lipinski definition) is 1. The number of nitrogens with two attached hydrogens (primary N) is 1. The van der Waals surface area contributed by atoms with Crippen molar-refractivity contribution < 1.29 is 9.47 Å². The molecule has 0 saturated carbocycles. The quantitative estimate of drug-likeness (QED) is 0.802. The minimum atomic E-state index is -0.0154. The summed E-state index contributed by atoms with van der Waals surface area (Å²) in [7, 11) is 3.29. The molecule has 0 spiro atoms. The Hall–Kier alpha value is -1.22. The van der Waals surface area contributed by atoms with Crippen molar-refractivity contribution in [3.05, 3.63) is 23.3 Å². The fourth-order valence-corrected chi connectivity index (χ4v) is 1.37. The number of hydrogen-bond acceptors (Lipinski definition) is 3. The van der Waals surface area contributed by atoms with Gasteiger partial charge in [0.1, 0.15) is 11.5 Å². The van der Waals surface area contributed by atoms with Gasteiger partial charge in [-0.05, 0) is 31.5 Å². The maximum atomic E-state index is 5.80. The van der Waals surface area contributed by atoms with Gasteiger partial charge >= 0.3 is 0 Å². The van der Waals surface area contributed by atoms with E-state index >= 15 is 0 Å². The van der Waals surface area contributed by atoms with Gasteiger partial charge in [0.2, 0.25) is 0 Å². The average Bonchev–Trinajstić information content (AvgIpc) is 2.17. The second kappa shape index (κ2) is 4.33. The Balaban J connectivity index is 3.25. The van der Waals surface area contributed by atoms with Crippen LogP contribution in [-0.4, -0.2) is 14.2 Å². The molecule has 1 atom stereocenters. The largest absolute Gasteiger partial charge is 0.496 e. The maximum Gasteiger partial charge on any atom is 0.125 e. The van der Waals surface area contributed by atoms with Crippen LogP contribution in [0.2, 0.25) is 0 Å². The molecule has 1 rings (SSSR count). The van der Waals surface area contributed by atoms with E-state index in [0.717, 1.165) is 22.6 Å². The van der Waals surface area contributed by atoms with Crippen molar-refractivity contribution in [3.63, 3.8) is 0 Å². The van der Waals surface area contributed by atoms with E-state index in [4.69, 9.17) is 15.2 Å². The molecular weight excluding hydrogens is 178 g/mol. The summed E-state index contributed by atoms with van der Waals surface area (Å²) < 4.78 is 10.5. The molecule has 14 heavy (non-hydrogen) atoms. The third kappa shape index (κ3) is 1.99. The van der Waals surface area contributed by atoms with Gasteiger partial charge in [-0.3, -0.25) is 0 Å². The Morgan fingerprint density at radius 3 is 1.86 bits per heavy atom. The monoisotopic (exact) mass is 195 g/mol. The lowest BCUT2D eigenvalue weighted by atomic mass is 10.1. The molecule has 0 bridgehead atoms. The Labute approximate surface area is 84.8 Å². The first kappa shape index (κ1) is 10.9. The minimum Gasteiger partial charge on any atom is -0.496 e. The van der Waals surface area contributed by atoms with Crippen LogP contribution in [0, 0.1) is 6.92 Å². The van der Waals surface area contributed by atoms with Gasteiger partial charge < -0.3 is 15.2 Å². The topological polar surface area (TPSA) is 44.5 Å². The summed E-state index contributed by atoms with van der Waals surface area (Å²) in [6, 6.07) is 3.88. The smallest absolute Gasteiger partial charge is 0.125 e. The Morgan fingerprint density at radius 1 is 1.14 bits per heavy atom. The molecule has 1 aromatic rings. The summed E-state index contributed by atoms with van der Waals surface area (Å²) >= 11 is 0. The maximum absolute atomic E-state index is 5.80. The molecule has 0 aliphatic carbocycles. The number of benzene rings is 1. The third-order valence-electron chi connectivity index (χ3n) is 2.30. The zero-order chi connectivity index (χ0) is 10.7. The van der Waals surface area contributed by atoms with Gasteiger partial charge in [0.25, 0.3) is 0 Å². The average molecular weight is 195 g/mol. The molecule has 0 radical (unpaired) electrons. The van der Waals surface area contributed by atoms with Crippen molar-refractivity contribution >= 4 is 0 Å². The minimum absolute atomic E-state index is 0.0154. The molecule has 0 aromatic heterocycles. The summed E-state index contributed by atoms with van der Waals surface area (Å²) in [6.45, 7) is 3.90. The standard InChI is InChI=1S/C11H17NO2/c1-7-10(13-3)5-9(8(2)12)6-11(7)14-4/h5-6,8H,12H2,1-4H3. The van der Waals surface area contributed by atoms with Gasteiger partial charge in [-0.2, -0.15) is 0 Å². The Morgan fingerprint density at radius 2 is 1.57 bits per heavy atom. The molecule has 0 aliphatic heterocycles. The van der Waals surface area contributed by atoms with Gasteiger partial charge in [-0.1, -0.05) is 0 Å². The number of rotatable bonds is 3. The molecule has 0 heterocycles. The molecule has 0 amide bonds. The molecule has 3 nitrogen and oxygen atoms in total. The lowest BCUT2D eigenvalue weighted by Crippen LogP contribution is -2.06. The first-order valence-electron chi connectivity index (χ1n) is 4.58. The highest BCUT2D eigenvalue weighted by Gasteiger charge is 2.10. The summed E-state index contributed by atoms with van der Waals surface area (Å²) in [5.74, 6) is 1.63. The summed E-state index contributed by atoms with van der Waals surface area (Å²) in [4.78, 5) is 0. The second-order valence-corrected chi connectivity index (χ2v) is 3.34. The van der Waals surface area contributed by atoms with E-state index in [9.17, 15) is 0 Å². The van der Waals surface area contributed by atoms with Gasteiger partial charge in [0.15, 0.2) is 0 Å². The molecule has 3 heteroatoms. The normalized spacial score (nSPS) is 12.4. The van der Waals surface area contributed by atoms with E-state index in [1.54, 1.807) is 14.2 Å². The van der Waals surface area contributed by atoms with Crippen LogP contribution in [0.5, 0.6) is 11.5 Å². The van der Waals surface area contributed by atoms with Crippen molar-refractivity contribution in [2.75, 3.05) is 14.2 Å². The van der Waals surface area contributed by atoms with Crippen molar-refractivity contribution in [2.45, 2.75) is 19.9 Å². The van der Waals surface area contributed by atoms with Gasteiger partial charge in [0, 0.05) is 11.6 Å². The van der Waals surface area contributed by atoms with Crippen LogP contribution in [0.4, 0.5) is 0 Å². The summed E-state index contributed by atoms with van der Waals surface area (Å²) in [5, 5.41) is 0. The Bertz CT molecular complexity index is 296. The predicted octanol–water partition coefficient (Wildman–Crippen LogP) is 2.03. The molecule has 2 N–H and O–H groups in total. The molecular formula is C11H17NO2. The van der Waals surface area contributed by atoms with E-state index in [-0.39, 0.29) is 6.04 Å². The zero-order valence-electron chi connectivity index (χ0n) is 9.13. The van der Waals surface area contributed by atoms with E-state index in [0.29, 0.717) is 0 Å². The fourth-order valence-electron chi connectivity index (χ4n) is 1.37. The third-order valence-corrected chi connectivity index (χ3v) is 2.30. The highest BCUT2D eigenvalue weighted by molar-refractivity contribution is 5.47. The van der Waals surface area contributed by atoms with Crippen molar-refractivity contribution in [3.8, 4) is 11.5 Å². The van der Waals surface area contributed by atoms with Crippen LogP contribution in [0.25, 0.3) is 0 Å². The molecule has 78 valence electrons. The van der Waals surface area contributed by atoms with E-state index < -0.39 is 0 Å². The van der Waals surface area contributed by atoms with E-state index in [1.165, 1.54) is 0 Å². The Kier molecular flexibility index (Phi) is 3.36.